The standard InChI is InChI=1S/C16H10Cl2FNO2/c17-9-1-3-11(13(18)7-9)16(22)20-6-5-15(21)12-8-10(19)2-4-14(12)20/h1-4,7-8H,5-6H2. The van der Waals surface area contributed by atoms with Gasteiger partial charge in [0.05, 0.1) is 16.3 Å². The van der Waals surface area contributed by atoms with Crippen molar-refractivity contribution in [2.24, 2.45) is 0 Å². The van der Waals surface area contributed by atoms with Gasteiger partial charge in [0, 0.05) is 23.6 Å². The third-order valence-corrected chi connectivity index (χ3v) is 4.07. The van der Waals surface area contributed by atoms with Crippen molar-refractivity contribution in [2.75, 3.05) is 11.4 Å². The third kappa shape index (κ3) is 2.60. The molecule has 0 fully saturated rings. The quantitative estimate of drug-likeness (QED) is 0.774. The maximum Gasteiger partial charge on any atom is 0.259 e. The minimum atomic E-state index is -0.508. The first-order valence-corrected chi connectivity index (χ1v) is 7.32. The minimum absolute atomic E-state index is 0.146. The van der Waals surface area contributed by atoms with Crippen molar-refractivity contribution < 1.29 is 14.0 Å². The third-order valence-electron chi connectivity index (χ3n) is 3.52. The molecule has 1 aliphatic heterocycles. The summed E-state index contributed by atoms with van der Waals surface area (Å²) in [6.07, 6.45) is 0.146. The van der Waals surface area contributed by atoms with E-state index in [4.69, 9.17) is 23.2 Å². The predicted molar refractivity (Wildman–Crippen MR) is 83.5 cm³/mol. The van der Waals surface area contributed by atoms with Gasteiger partial charge in [0.25, 0.3) is 5.91 Å². The number of carbonyl (C=O) groups excluding carboxylic acids is 2. The van der Waals surface area contributed by atoms with Crippen LogP contribution in [0.1, 0.15) is 27.1 Å². The Labute approximate surface area is 136 Å². The lowest BCUT2D eigenvalue weighted by Crippen LogP contribution is -2.37. The van der Waals surface area contributed by atoms with Crippen LogP contribution in [0, 0.1) is 5.82 Å². The zero-order valence-corrected chi connectivity index (χ0v) is 12.8. The second-order valence-electron chi connectivity index (χ2n) is 4.92. The van der Waals surface area contributed by atoms with Crippen LogP contribution in [0.2, 0.25) is 10.0 Å². The topological polar surface area (TPSA) is 37.4 Å². The summed E-state index contributed by atoms with van der Waals surface area (Å²) in [5.74, 6) is -1.03. The molecule has 2 aromatic rings. The van der Waals surface area contributed by atoms with E-state index in [0.29, 0.717) is 10.7 Å². The minimum Gasteiger partial charge on any atom is -0.307 e. The van der Waals surface area contributed by atoms with Gasteiger partial charge in [0.1, 0.15) is 5.82 Å². The number of hydrogen-bond donors (Lipinski definition) is 0. The Hall–Kier alpha value is -1.91. The number of carbonyl (C=O) groups is 2. The fourth-order valence-corrected chi connectivity index (χ4v) is 2.94. The summed E-state index contributed by atoms with van der Waals surface area (Å²) in [5.41, 5.74) is 0.897. The molecule has 0 N–H and O–H groups in total. The maximum absolute atomic E-state index is 13.3. The molecule has 2 aromatic carbocycles. The molecule has 1 heterocycles. The Bertz CT molecular complexity index is 792. The monoisotopic (exact) mass is 337 g/mol. The van der Waals surface area contributed by atoms with Gasteiger partial charge in [-0.2, -0.15) is 0 Å². The van der Waals surface area contributed by atoms with Crippen LogP contribution in [0.3, 0.4) is 0 Å². The zero-order valence-electron chi connectivity index (χ0n) is 11.3. The molecule has 0 saturated heterocycles. The highest BCUT2D eigenvalue weighted by atomic mass is 35.5. The van der Waals surface area contributed by atoms with E-state index in [-0.39, 0.29) is 40.8 Å². The van der Waals surface area contributed by atoms with Crippen LogP contribution in [0.15, 0.2) is 36.4 Å². The molecular formula is C16H10Cl2FNO2. The lowest BCUT2D eigenvalue weighted by atomic mass is 9.99. The molecule has 0 saturated carbocycles. The van der Waals surface area contributed by atoms with E-state index >= 15 is 0 Å². The summed E-state index contributed by atoms with van der Waals surface area (Å²) in [6, 6.07) is 8.40. The van der Waals surface area contributed by atoms with Gasteiger partial charge in [-0.25, -0.2) is 4.39 Å². The lowest BCUT2D eigenvalue weighted by Gasteiger charge is -2.29. The summed E-state index contributed by atoms with van der Waals surface area (Å²) in [4.78, 5) is 26.0. The van der Waals surface area contributed by atoms with Crippen LogP contribution in [-0.2, 0) is 0 Å². The smallest absolute Gasteiger partial charge is 0.259 e. The number of hydrogen-bond acceptors (Lipinski definition) is 2. The first-order chi connectivity index (χ1) is 10.5. The molecule has 1 amide bonds. The second kappa shape index (κ2) is 5.71. The molecule has 0 atom stereocenters. The number of halogens is 3. The predicted octanol–water partition coefficient (Wildman–Crippen LogP) is 4.37. The first-order valence-electron chi connectivity index (χ1n) is 6.57. The van der Waals surface area contributed by atoms with E-state index in [9.17, 15) is 14.0 Å². The summed E-state index contributed by atoms with van der Waals surface area (Å²) >= 11 is 11.9. The fourth-order valence-electron chi connectivity index (χ4n) is 2.45. The van der Waals surface area contributed by atoms with E-state index in [2.05, 4.69) is 0 Å². The van der Waals surface area contributed by atoms with Crippen molar-refractivity contribution in [1.82, 2.24) is 0 Å². The summed E-state index contributed by atoms with van der Waals surface area (Å²) in [6.45, 7) is 0.231. The van der Waals surface area contributed by atoms with Gasteiger partial charge in [-0.05, 0) is 36.4 Å². The van der Waals surface area contributed by atoms with Crippen LogP contribution in [-0.4, -0.2) is 18.2 Å². The number of benzene rings is 2. The maximum atomic E-state index is 13.3. The van der Waals surface area contributed by atoms with Crippen molar-refractivity contribution in [3.05, 3.63) is 63.4 Å². The number of ketones is 1. The van der Waals surface area contributed by atoms with Gasteiger partial charge in [0.15, 0.2) is 5.78 Å². The number of nitrogens with zero attached hydrogens (tertiary/aromatic N) is 1. The highest BCUT2D eigenvalue weighted by Crippen LogP contribution is 2.31. The van der Waals surface area contributed by atoms with Crippen molar-refractivity contribution in [3.8, 4) is 0 Å². The average Bonchev–Trinajstić information content (AvgIpc) is 2.47. The SMILES string of the molecule is O=C1CCN(C(=O)c2ccc(Cl)cc2Cl)c2ccc(F)cc21. The van der Waals surface area contributed by atoms with Gasteiger partial charge in [-0.1, -0.05) is 23.2 Å². The molecule has 6 heteroatoms. The van der Waals surface area contributed by atoms with Crippen molar-refractivity contribution >= 4 is 40.6 Å². The van der Waals surface area contributed by atoms with E-state index in [1.54, 1.807) is 6.07 Å². The second-order valence-corrected chi connectivity index (χ2v) is 5.76. The molecular weight excluding hydrogens is 328 g/mol. The Balaban J connectivity index is 2.04. The van der Waals surface area contributed by atoms with Gasteiger partial charge in [-0.3, -0.25) is 9.59 Å². The largest absolute Gasteiger partial charge is 0.307 e. The molecule has 3 nitrogen and oxygen atoms in total. The van der Waals surface area contributed by atoms with E-state index in [1.807, 2.05) is 0 Å². The number of amides is 1. The van der Waals surface area contributed by atoms with Crippen molar-refractivity contribution in [3.63, 3.8) is 0 Å². The normalized spacial score (nSPS) is 14.0. The van der Waals surface area contributed by atoms with Crippen LogP contribution < -0.4 is 4.90 Å². The van der Waals surface area contributed by atoms with Crippen LogP contribution in [0.5, 0.6) is 0 Å². The lowest BCUT2D eigenvalue weighted by molar-refractivity contribution is 0.0955. The van der Waals surface area contributed by atoms with Crippen LogP contribution >= 0.6 is 23.2 Å². The molecule has 1 aliphatic rings. The molecule has 0 aliphatic carbocycles. The highest BCUT2D eigenvalue weighted by molar-refractivity contribution is 6.37. The van der Waals surface area contributed by atoms with Gasteiger partial charge < -0.3 is 4.90 Å². The van der Waals surface area contributed by atoms with Crippen LogP contribution in [0.4, 0.5) is 10.1 Å². The zero-order chi connectivity index (χ0) is 15.9. The molecule has 0 aromatic heterocycles. The van der Waals surface area contributed by atoms with Crippen molar-refractivity contribution in [1.29, 1.82) is 0 Å². The molecule has 0 radical (unpaired) electrons. The number of Topliss-reactive ketones (excluding diaryl/α,β-unsaturated/α-hetero) is 1. The molecule has 22 heavy (non-hydrogen) atoms. The van der Waals surface area contributed by atoms with Gasteiger partial charge in [0.2, 0.25) is 0 Å². The van der Waals surface area contributed by atoms with Crippen LogP contribution in [0.25, 0.3) is 0 Å². The molecule has 112 valence electrons. The van der Waals surface area contributed by atoms with E-state index in [1.165, 1.54) is 29.2 Å². The van der Waals surface area contributed by atoms with E-state index < -0.39 is 5.82 Å². The Morgan fingerprint density at radius 3 is 2.64 bits per heavy atom. The Kier molecular flexibility index (Phi) is 3.89. The number of rotatable bonds is 1. The number of fused-ring (bicyclic) bond motifs is 1. The molecule has 3 rings (SSSR count). The van der Waals surface area contributed by atoms with Crippen molar-refractivity contribution in [2.45, 2.75) is 6.42 Å². The Morgan fingerprint density at radius 2 is 1.91 bits per heavy atom. The molecule has 0 unspecified atom stereocenters. The fraction of sp³-hybridized carbons (Fsp3) is 0.125. The summed E-state index contributed by atoms with van der Waals surface area (Å²) < 4.78 is 13.3. The summed E-state index contributed by atoms with van der Waals surface area (Å²) in [7, 11) is 0. The number of anilines is 1. The Morgan fingerprint density at radius 1 is 1.14 bits per heavy atom. The summed E-state index contributed by atoms with van der Waals surface area (Å²) in [5, 5.41) is 0.663. The molecule has 0 spiro atoms. The first kappa shape index (κ1) is 15.0. The van der Waals surface area contributed by atoms with Gasteiger partial charge in [-0.15, -0.1) is 0 Å². The van der Waals surface area contributed by atoms with Gasteiger partial charge >= 0.3 is 0 Å². The average molecular weight is 338 g/mol. The van der Waals surface area contributed by atoms with E-state index in [0.717, 1.165) is 6.07 Å². The molecule has 0 bridgehead atoms. The highest BCUT2D eigenvalue weighted by Gasteiger charge is 2.29.